The molecule has 6 nitrogen and oxygen atoms in total. The first kappa shape index (κ1) is 22.3. The Morgan fingerprint density at radius 1 is 1.12 bits per heavy atom. The van der Waals surface area contributed by atoms with Crippen LogP contribution < -0.4 is 5.69 Å². The highest BCUT2D eigenvalue weighted by atomic mass is 19.1. The summed E-state index contributed by atoms with van der Waals surface area (Å²) in [6.45, 7) is 8.20. The Morgan fingerprint density at radius 2 is 1.84 bits per heavy atom. The molecule has 0 atom stereocenters. The number of likely N-dealkylation sites (tertiary alicyclic amines) is 1. The Kier molecular flexibility index (Phi) is 6.20. The molecule has 2 heterocycles. The van der Waals surface area contributed by atoms with Crippen molar-refractivity contribution in [3.63, 3.8) is 0 Å². The second kappa shape index (κ2) is 8.90. The molecular weight excluding hydrogens is 407 g/mol. The number of benzene rings is 2. The van der Waals surface area contributed by atoms with Gasteiger partial charge in [-0.25, -0.2) is 9.18 Å². The molecule has 1 amide bonds. The molecule has 4 rings (SSSR count). The van der Waals surface area contributed by atoms with Gasteiger partial charge in [0, 0.05) is 31.2 Å². The lowest BCUT2D eigenvalue weighted by atomic mass is 10.0. The minimum Gasteiger partial charge on any atom is -0.332 e. The fourth-order valence-corrected chi connectivity index (χ4v) is 4.57. The molecule has 1 saturated heterocycles. The van der Waals surface area contributed by atoms with Crippen LogP contribution in [0.1, 0.15) is 45.2 Å². The van der Waals surface area contributed by atoms with Crippen molar-refractivity contribution >= 4 is 16.9 Å². The number of H-pyrrole nitrogens is 1. The van der Waals surface area contributed by atoms with E-state index in [1.54, 1.807) is 6.07 Å². The van der Waals surface area contributed by atoms with Crippen LogP contribution >= 0.6 is 0 Å². The second-order valence-corrected chi connectivity index (χ2v) is 9.61. The van der Waals surface area contributed by atoms with Crippen LogP contribution in [0.4, 0.5) is 4.39 Å². The summed E-state index contributed by atoms with van der Waals surface area (Å²) in [7, 11) is 0. The van der Waals surface area contributed by atoms with Gasteiger partial charge >= 0.3 is 5.69 Å². The number of aromatic amines is 1. The molecule has 1 fully saturated rings. The standard InChI is InChI=1S/C25H31FN4O2/c1-25(2,3)29(16-18-7-6-8-19(26)15-18)23(31)17-28-13-11-20(12-14-28)30-22-10-5-4-9-21(22)27-24(30)32/h4-10,15,20H,11-14,16-17H2,1-3H3,(H,27,32). The molecule has 1 aliphatic rings. The molecule has 0 radical (unpaired) electrons. The zero-order valence-corrected chi connectivity index (χ0v) is 19.0. The van der Waals surface area contributed by atoms with Gasteiger partial charge in [0.2, 0.25) is 5.91 Å². The summed E-state index contributed by atoms with van der Waals surface area (Å²) in [6, 6.07) is 14.3. The number of hydrogen-bond donors (Lipinski definition) is 1. The molecule has 2 aromatic carbocycles. The summed E-state index contributed by atoms with van der Waals surface area (Å²) >= 11 is 0. The SMILES string of the molecule is CC(C)(C)N(Cc1cccc(F)c1)C(=O)CN1CCC(n2c(=O)[nH]c3ccccc32)CC1. The van der Waals surface area contributed by atoms with Crippen LogP contribution in [0, 0.1) is 5.82 Å². The third-order valence-corrected chi connectivity index (χ3v) is 6.25. The Hall–Kier alpha value is -2.93. The number of nitrogens with one attached hydrogen (secondary N) is 1. The molecule has 0 aliphatic carbocycles. The number of fused-ring (bicyclic) bond motifs is 1. The van der Waals surface area contributed by atoms with Gasteiger partial charge < -0.3 is 9.88 Å². The normalized spacial score (nSPS) is 15.9. The fraction of sp³-hybridized carbons (Fsp3) is 0.440. The van der Waals surface area contributed by atoms with E-state index in [1.807, 2.05) is 60.6 Å². The number of aromatic nitrogens is 2. The molecule has 0 spiro atoms. The predicted octanol–water partition coefficient (Wildman–Crippen LogP) is 3.93. The molecule has 1 aromatic heterocycles. The summed E-state index contributed by atoms with van der Waals surface area (Å²) < 4.78 is 15.5. The van der Waals surface area contributed by atoms with E-state index in [2.05, 4.69) is 9.88 Å². The van der Waals surface area contributed by atoms with Crippen LogP contribution in [0.15, 0.2) is 53.3 Å². The van der Waals surface area contributed by atoms with Gasteiger partial charge in [0.25, 0.3) is 0 Å². The lowest BCUT2D eigenvalue weighted by molar-refractivity contribution is -0.138. The Bertz CT molecular complexity index is 1150. The van der Waals surface area contributed by atoms with Gasteiger partial charge in [0.05, 0.1) is 17.6 Å². The van der Waals surface area contributed by atoms with Crippen molar-refractivity contribution in [3.05, 3.63) is 70.4 Å². The fourth-order valence-electron chi connectivity index (χ4n) is 4.57. The van der Waals surface area contributed by atoms with E-state index in [-0.39, 0.29) is 29.0 Å². The summed E-state index contributed by atoms with van der Waals surface area (Å²) in [5.74, 6) is -0.261. The monoisotopic (exact) mass is 438 g/mol. The van der Waals surface area contributed by atoms with E-state index in [1.165, 1.54) is 12.1 Å². The molecule has 1 aliphatic heterocycles. The van der Waals surface area contributed by atoms with Crippen molar-refractivity contribution in [2.24, 2.45) is 0 Å². The van der Waals surface area contributed by atoms with E-state index >= 15 is 0 Å². The third kappa shape index (κ3) is 4.78. The molecular formula is C25H31FN4O2. The van der Waals surface area contributed by atoms with E-state index < -0.39 is 0 Å². The Morgan fingerprint density at radius 3 is 2.53 bits per heavy atom. The van der Waals surface area contributed by atoms with Crippen LogP contribution in [0.5, 0.6) is 0 Å². The number of rotatable bonds is 5. The number of carbonyl (C=O) groups excluding carboxylic acids is 1. The van der Waals surface area contributed by atoms with E-state index in [0.717, 1.165) is 42.5 Å². The van der Waals surface area contributed by atoms with Crippen molar-refractivity contribution in [3.8, 4) is 0 Å². The maximum Gasteiger partial charge on any atom is 0.326 e. The topological polar surface area (TPSA) is 61.3 Å². The highest BCUT2D eigenvalue weighted by Gasteiger charge is 2.30. The second-order valence-electron chi connectivity index (χ2n) is 9.61. The van der Waals surface area contributed by atoms with Crippen molar-refractivity contribution < 1.29 is 9.18 Å². The number of para-hydroxylation sites is 2. The number of carbonyl (C=O) groups is 1. The third-order valence-electron chi connectivity index (χ3n) is 6.25. The van der Waals surface area contributed by atoms with E-state index in [9.17, 15) is 14.0 Å². The lowest BCUT2D eigenvalue weighted by Crippen LogP contribution is -2.50. The smallest absolute Gasteiger partial charge is 0.326 e. The first-order chi connectivity index (χ1) is 15.2. The van der Waals surface area contributed by atoms with Gasteiger partial charge in [-0.05, 0) is 63.4 Å². The van der Waals surface area contributed by atoms with Crippen molar-refractivity contribution in [1.29, 1.82) is 0 Å². The van der Waals surface area contributed by atoms with Crippen LogP contribution in [0.3, 0.4) is 0 Å². The Labute approximate surface area is 187 Å². The van der Waals surface area contributed by atoms with Gasteiger partial charge in [-0.3, -0.25) is 14.3 Å². The molecule has 0 bridgehead atoms. The van der Waals surface area contributed by atoms with E-state index in [0.29, 0.717) is 13.1 Å². The lowest BCUT2D eigenvalue weighted by Gasteiger charge is -2.39. The van der Waals surface area contributed by atoms with Gasteiger partial charge in [0.15, 0.2) is 0 Å². The number of piperidine rings is 1. The van der Waals surface area contributed by atoms with E-state index in [4.69, 9.17) is 0 Å². The van der Waals surface area contributed by atoms with Gasteiger partial charge in [-0.1, -0.05) is 24.3 Å². The average Bonchev–Trinajstić information content (AvgIpc) is 3.07. The molecule has 3 aromatic rings. The van der Waals surface area contributed by atoms with Crippen molar-refractivity contribution in [1.82, 2.24) is 19.4 Å². The maximum atomic E-state index is 13.6. The number of amides is 1. The highest BCUT2D eigenvalue weighted by molar-refractivity contribution is 5.79. The summed E-state index contributed by atoms with van der Waals surface area (Å²) in [4.78, 5) is 32.6. The number of nitrogens with zero attached hydrogens (tertiary/aromatic N) is 3. The van der Waals surface area contributed by atoms with Crippen LogP contribution in [0.2, 0.25) is 0 Å². The first-order valence-electron chi connectivity index (χ1n) is 11.2. The Balaban J connectivity index is 1.41. The molecule has 170 valence electrons. The van der Waals surface area contributed by atoms with Gasteiger partial charge in [0.1, 0.15) is 5.82 Å². The van der Waals surface area contributed by atoms with Crippen LogP contribution in [-0.2, 0) is 11.3 Å². The molecule has 0 unspecified atom stereocenters. The minimum absolute atomic E-state index is 0.0319. The number of hydrogen-bond acceptors (Lipinski definition) is 3. The zero-order valence-electron chi connectivity index (χ0n) is 19.0. The molecule has 1 N–H and O–H groups in total. The molecule has 32 heavy (non-hydrogen) atoms. The predicted molar refractivity (Wildman–Crippen MR) is 124 cm³/mol. The van der Waals surface area contributed by atoms with Crippen LogP contribution in [-0.4, -0.2) is 50.4 Å². The van der Waals surface area contributed by atoms with Crippen molar-refractivity contribution in [2.45, 2.75) is 51.7 Å². The summed E-state index contributed by atoms with van der Waals surface area (Å²) in [5.41, 5.74) is 2.12. The quantitative estimate of drug-likeness (QED) is 0.657. The minimum atomic E-state index is -0.376. The first-order valence-corrected chi connectivity index (χ1v) is 11.2. The zero-order chi connectivity index (χ0) is 22.9. The van der Waals surface area contributed by atoms with Crippen molar-refractivity contribution in [2.75, 3.05) is 19.6 Å². The average molecular weight is 439 g/mol. The maximum absolute atomic E-state index is 13.6. The summed E-state index contributed by atoms with van der Waals surface area (Å²) in [5, 5.41) is 0. The number of halogens is 1. The molecule has 7 heteroatoms. The molecule has 0 saturated carbocycles. The van der Waals surface area contributed by atoms with Gasteiger partial charge in [-0.2, -0.15) is 0 Å². The summed E-state index contributed by atoms with van der Waals surface area (Å²) in [6.07, 6.45) is 1.63. The largest absolute Gasteiger partial charge is 0.332 e. The van der Waals surface area contributed by atoms with Crippen LogP contribution in [0.25, 0.3) is 11.0 Å². The highest BCUT2D eigenvalue weighted by Crippen LogP contribution is 2.25. The van der Waals surface area contributed by atoms with Gasteiger partial charge in [-0.15, -0.1) is 0 Å². The number of imidazole rings is 1.